The third-order valence-electron chi connectivity index (χ3n) is 4.21. The van der Waals surface area contributed by atoms with E-state index in [4.69, 9.17) is 0 Å². The topological polar surface area (TPSA) is 59.4 Å². The van der Waals surface area contributed by atoms with Crippen molar-refractivity contribution in [3.05, 3.63) is 27.9 Å². The molecule has 0 aliphatic carbocycles. The molecular weight excluding hydrogens is 320 g/mol. The Bertz CT molecular complexity index is 851. The second-order valence-electron chi connectivity index (χ2n) is 5.85. The Kier molecular flexibility index (Phi) is 4.13. The van der Waals surface area contributed by atoms with Crippen molar-refractivity contribution < 1.29 is 8.42 Å². The van der Waals surface area contributed by atoms with Gasteiger partial charge < -0.3 is 0 Å². The summed E-state index contributed by atoms with van der Waals surface area (Å²) in [5.41, 5.74) is 0.809. The molecule has 1 aromatic heterocycles. The Morgan fingerprint density at radius 2 is 2.14 bits per heavy atom. The molecule has 0 radical (unpaired) electrons. The predicted octanol–water partition coefficient (Wildman–Crippen LogP) is 2.50. The fraction of sp³-hybridized carbons (Fsp3) is 0.533. The minimum absolute atomic E-state index is 0.0429. The molecule has 3 rings (SSSR count). The molecule has 1 aromatic carbocycles. The van der Waals surface area contributed by atoms with Crippen LogP contribution in [0.3, 0.4) is 0 Å². The molecule has 0 spiro atoms. The monoisotopic (exact) mass is 340 g/mol. The summed E-state index contributed by atoms with van der Waals surface area (Å²) < 4.78 is 29.5. The van der Waals surface area contributed by atoms with Crippen LogP contribution in [-0.4, -0.2) is 30.4 Å². The van der Waals surface area contributed by atoms with Crippen molar-refractivity contribution >= 4 is 31.6 Å². The summed E-state index contributed by atoms with van der Waals surface area (Å²) in [6.07, 6.45) is 1.98. The van der Waals surface area contributed by atoms with Gasteiger partial charge in [0.1, 0.15) is 0 Å². The number of rotatable bonds is 3. The number of hydrogen-bond acceptors (Lipinski definition) is 4. The second kappa shape index (κ2) is 5.79. The summed E-state index contributed by atoms with van der Waals surface area (Å²) in [6, 6.07) is 5.01. The standard InChI is InChI=1S/C15H20N2O3S2/c1-3-17-13-7-6-12(9-14(13)21-15(17)18)22(19,20)16-8-4-5-11(2)10-16/h6-7,9,11H,3-5,8,10H2,1-2H3/t11-/m1/s1. The lowest BCUT2D eigenvalue weighted by atomic mass is 10.0. The zero-order chi connectivity index (χ0) is 15.9. The second-order valence-corrected chi connectivity index (χ2v) is 8.78. The van der Waals surface area contributed by atoms with Crippen LogP contribution in [0, 0.1) is 5.92 Å². The van der Waals surface area contributed by atoms with Gasteiger partial charge in [0.05, 0.1) is 15.1 Å². The number of thiazole rings is 1. The predicted molar refractivity (Wildman–Crippen MR) is 88.9 cm³/mol. The molecule has 22 heavy (non-hydrogen) atoms. The molecule has 0 bridgehead atoms. The first-order valence-corrected chi connectivity index (χ1v) is 9.82. The van der Waals surface area contributed by atoms with Crippen LogP contribution in [0.4, 0.5) is 0 Å². The first kappa shape index (κ1) is 15.7. The quantitative estimate of drug-likeness (QED) is 0.862. The molecule has 1 fully saturated rings. The third kappa shape index (κ3) is 2.61. The Morgan fingerprint density at radius 1 is 1.36 bits per heavy atom. The smallest absolute Gasteiger partial charge is 0.299 e. The van der Waals surface area contributed by atoms with Crippen LogP contribution < -0.4 is 4.87 Å². The Balaban J connectivity index is 2.04. The van der Waals surface area contributed by atoms with Crippen molar-refractivity contribution in [1.82, 2.24) is 8.87 Å². The van der Waals surface area contributed by atoms with E-state index in [9.17, 15) is 13.2 Å². The molecule has 0 amide bonds. The molecule has 1 aliphatic heterocycles. The summed E-state index contributed by atoms with van der Waals surface area (Å²) in [4.78, 5) is 12.1. The normalized spacial score (nSPS) is 20.5. The van der Waals surface area contributed by atoms with Gasteiger partial charge in [0, 0.05) is 19.6 Å². The van der Waals surface area contributed by atoms with Crippen molar-refractivity contribution in [2.24, 2.45) is 5.92 Å². The molecule has 1 atom stereocenters. The molecule has 0 N–H and O–H groups in total. The molecule has 5 nitrogen and oxygen atoms in total. The van der Waals surface area contributed by atoms with E-state index in [1.807, 2.05) is 6.92 Å². The number of piperidine rings is 1. The molecule has 7 heteroatoms. The van der Waals surface area contributed by atoms with Gasteiger partial charge in [-0.15, -0.1) is 0 Å². The third-order valence-corrected chi connectivity index (χ3v) is 7.02. The molecule has 1 aliphatic rings. The maximum atomic E-state index is 12.8. The van der Waals surface area contributed by atoms with Crippen LogP contribution in [0.25, 0.3) is 10.2 Å². The molecule has 120 valence electrons. The average molecular weight is 340 g/mol. The van der Waals surface area contributed by atoms with Gasteiger partial charge >= 0.3 is 4.87 Å². The number of benzene rings is 1. The molecule has 0 unspecified atom stereocenters. The lowest BCUT2D eigenvalue weighted by Gasteiger charge is -2.30. The van der Waals surface area contributed by atoms with Gasteiger partial charge in [0.2, 0.25) is 10.0 Å². The van der Waals surface area contributed by atoms with E-state index >= 15 is 0 Å². The summed E-state index contributed by atoms with van der Waals surface area (Å²) in [5, 5.41) is 0. The number of hydrogen-bond donors (Lipinski definition) is 0. The largest absolute Gasteiger partial charge is 0.308 e. The number of aromatic nitrogens is 1. The highest BCUT2D eigenvalue weighted by Gasteiger charge is 2.29. The van der Waals surface area contributed by atoms with Crippen LogP contribution in [0.2, 0.25) is 0 Å². The number of sulfonamides is 1. The Hall–Kier alpha value is -1.18. The first-order chi connectivity index (χ1) is 10.4. The minimum atomic E-state index is -3.47. The highest BCUT2D eigenvalue weighted by molar-refractivity contribution is 7.89. The highest BCUT2D eigenvalue weighted by atomic mass is 32.2. The van der Waals surface area contributed by atoms with Crippen molar-refractivity contribution in [3.8, 4) is 0 Å². The lowest BCUT2D eigenvalue weighted by Crippen LogP contribution is -2.39. The minimum Gasteiger partial charge on any atom is -0.299 e. The van der Waals surface area contributed by atoms with Gasteiger partial charge in [-0.25, -0.2) is 8.42 Å². The molecule has 1 saturated heterocycles. The molecule has 2 aromatic rings. The van der Waals surface area contributed by atoms with Crippen LogP contribution in [0.15, 0.2) is 27.9 Å². The van der Waals surface area contributed by atoms with E-state index in [-0.39, 0.29) is 4.87 Å². The van der Waals surface area contributed by atoms with Crippen LogP contribution in [0.1, 0.15) is 26.7 Å². The van der Waals surface area contributed by atoms with E-state index in [0.717, 1.165) is 34.4 Å². The zero-order valence-corrected chi connectivity index (χ0v) is 14.4. The summed E-state index contributed by atoms with van der Waals surface area (Å²) >= 11 is 1.11. The van der Waals surface area contributed by atoms with E-state index in [1.165, 1.54) is 0 Å². The van der Waals surface area contributed by atoms with Crippen LogP contribution in [-0.2, 0) is 16.6 Å². The fourth-order valence-electron chi connectivity index (χ4n) is 3.02. The van der Waals surface area contributed by atoms with E-state index in [1.54, 1.807) is 27.1 Å². The van der Waals surface area contributed by atoms with Crippen LogP contribution >= 0.6 is 11.3 Å². The summed E-state index contributed by atoms with van der Waals surface area (Å²) in [5.74, 6) is 0.393. The van der Waals surface area contributed by atoms with Gasteiger partial charge in [0.15, 0.2) is 0 Å². The van der Waals surface area contributed by atoms with E-state index in [2.05, 4.69) is 6.92 Å². The SMILES string of the molecule is CCn1c(=O)sc2cc(S(=O)(=O)N3CCC[C@@H](C)C3)ccc21. The van der Waals surface area contributed by atoms with Crippen molar-refractivity contribution in [2.75, 3.05) is 13.1 Å². The average Bonchev–Trinajstić information content (AvgIpc) is 2.81. The fourth-order valence-corrected chi connectivity index (χ4v) is 5.71. The number of fused-ring (bicyclic) bond motifs is 1. The van der Waals surface area contributed by atoms with E-state index in [0.29, 0.717) is 30.4 Å². The summed E-state index contributed by atoms with van der Waals surface area (Å²) in [6.45, 7) is 5.74. The van der Waals surface area contributed by atoms with Gasteiger partial charge in [-0.3, -0.25) is 9.36 Å². The number of nitrogens with zero attached hydrogens (tertiary/aromatic N) is 2. The van der Waals surface area contributed by atoms with Crippen molar-refractivity contribution in [1.29, 1.82) is 0 Å². The van der Waals surface area contributed by atoms with Gasteiger partial charge in [-0.2, -0.15) is 4.31 Å². The van der Waals surface area contributed by atoms with E-state index < -0.39 is 10.0 Å². The summed E-state index contributed by atoms with van der Waals surface area (Å²) in [7, 11) is -3.47. The molecular formula is C15H20N2O3S2. The lowest BCUT2D eigenvalue weighted by molar-refractivity contribution is 0.281. The van der Waals surface area contributed by atoms with Gasteiger partial charge in [0.25, 0.3) is 0 Å². The maximum Gasteiger partial charge on any atom is 0.308 e. The highest BCUT2D eigenvalue weighted by Crippen LogP contribution is 2.27. The molecule has 2 heterocycles. The number of aryl methyl sites for hydroxylation is 1. The van der Waals surface area contributed by atoms with Gasteiger partial charge in [-0.05, 0) is 43.9 Å². The first-order valence-electron chi connectivity index (χ1n) is 7.57. The van der Waals surface area contributed by atoms with Crippen molar-refractivity contribution in [2.45, 2.75) is 38.1 Å². The van der Waals surface area contributed by atoms with Crippen molar-refractivity contribution in [3.63, 3.8) is 0 Å². The Morgan fingerprint density at radius 3 is 2.82 bits per heavy atom. The van der Waals surface area contributed by atoms with Crippen LogP contribution in [0.5, 0.6) is 0 Å². The maximum absolute atomic E-state index is 12.8. The van der Waals surface area contributed by atoms with Gasteiger partial charge in [-0.1, -0.05) is 18.3 Å². The molecule has 0 saturated carbocycles. The Labute approximate surface area is 134 Å². The zero-order valence-electron chi connectivity index (χ0n) is 12.8.